The van der Waals surface area contributed by atoms with Crippen molar-refractivity contribution in [2.45, 2.75) is 38.7 Å². The van der Waals surface area contributed by atoms with Crippen molar-refractivity contribution >= 4 is 27.5 Å². The molecule has 1 saturated heterocycles. The van der Waals surface area contributed by atoms with Crippen LogP contribution >= 0.6 is 15.9 Å². The fourth-order valence-electron chi connectivity index (χ4n) is 2.92. The molecule has 0 aliphatic carbocycles. The molecule has 1 aliphatic heterocycles. The first-order valence-corrected chi connectivity index (χ1v) is 10.5. The molecule has 5 nitrogen and oxygen atoms in total. The molecule has 0 bridgehead atoms. The van der Waals surface area contributed by atoms with Crippen LogP contribution in [0.25, 0.3) is 0 Å². The molecule has 6 heteroatoms. The molecule has 1 amide bonds. The zero-order valence-corrected chi connectivity index (χ0v) is 17.7. The Morgan fingerprint density at radius 3 is 2.89 bits per heavy atom. The second-order valence-corrected chi connectivity index (χ2v) is 7.63. The number of rotatable bonds is 9. The van der Waals surface area contributed by atoms with E-state index in [2.05, 4.69) is 28.2 Å². The number of carbonyl (C=O) groups excluding carboxylic acids is 1. The molecule has 0 aromatic heterocycles. The number of halogens is 1. The summed E-state index contributed by atoms with van der Waals surface area (Å²) in [6, 6.07) is 12.8. The van der Waals surface area contributed by atoms with E-state index in [4.69, 9.17) is 14.2 Å². The molecule has 0 spiro atoms. The van der Waals surface area contributed by atoms with Crippen molar-refractivity contribution in [3.05, 3.63) is 52.5 Å². The third-order valence-corrected chi connectivity index (χ3v) is 5.12. The maximum atomic E-state index is 12.6. The number of unbranched alkanes of at least 4 members (excludes halogenated alkanes) is 1. The summed E-state index contributed by atoms with van der Waals surface area (Å²) in [5.41, 5.74) is 1.25. The van der Waals surface area contributed by atoms with Gasteiger partial charge >= 0.3 is 0 Å². The first kappa shape index (κ1) is 20.7. The zero-order chi connectivity index (χ0) is 19.8. The lowest BCUT2D eigenvalue weighted by molar-refractivity contribution is 0.0677. The van der Waals surface area contributed by atoms with Crippen LogP contribution in [0.2, 0.25) is 0 Å². The summed E-state index contributed by atoms with van der Waals surface area (Å²) in [7, 11) is 0. The Hall–Kier alpha value is -2.05. The van der Waals surface area contributed by atoms with Crippen molar-refractivity contribution in [1.82, 2.24) is 0 Å². The fraction of sp³-hybridized carbons (Fsp3) is 0.409. The molecule has 2 aromatic carbocycles. The van der Waals surface area contributed by atoms with Crippen LogP contribution in [0.5, 0.6) is 11.5 Å². The average Bonchev–Trinajstić information content (AvgIpc) is 3.21. The van der Waals surface area contributed by atoms with E-state index in [1.807, 2.05) is 24.3 Å². The second-order valence-electron chi connectivity index (χ2n) is 6.78. The van der Waals surface area contributed by atoms with Gasteiger partial charge < -0.3 is 19.5 Å². The van der Waals surface area contributed by atoms with Gasteiger partial charge in [0.15, 0.2) is 0 Å². The summed E-state index contributed by atoms with van der Waals surface area (Å²) in [6.07, 6.45) is 4.35. The van der Waals surface area contributed by atoms with Gasteiger partial charge in [-0.1, -0.05) is 19.4 Å². The zero-order valence-electron chi connectivity index (χ0n) is 16.1. The van der Waals surface area contributed by atoms with E-state index in [1.54, 1.807) is 18.2 Å². The van der Waals surface area contributed by atoms with Crippen LogP contribution in [0.3, 0.4) is 0 Å². The maximum Gasteiger partial charge on any atom is 0.255 e. The fourth-order valence-corrected chi connectivity index (χ4v) is 3.41. The van der Waals surface area contributed by atoms with Gasteiger partial charge in [-0.3, -0.25) is 4.79 Å². The summed E-state index contributed by atoms with van der Waals surface area (Å²) in [5.74, 6) is 1.28. The quantitative estimate of drug-likeness (QED) is 0.520. The molecule has 1 N–H and O–H groups in total. The topological polar surface area (TPSA) is 56.8 Å². The van der Waals surface area contributed by atoms with E-state index in [1.165, 1.54) is 0 Å². The summed E-state index contributed by atoms with van der Waals surface area (Å²) in [5, 5.41) is 2.91. The third-order valence-electron chi connectivity index (χ3n) is 4.50. The number of hydrogen-bond acceptors (Lipinski definition) is 4. The van der Waals surface area contributed by atoms with Crippen LogP contribution in [0.1, 0.15) is 43.0 Å². The van der Waals surface area contributed by atoms with E-state index in [-0.39, 0.29) is 12.0 Å². The van der Waals surface area contributed by atoms with Crippen LogP contribution in [0.15, 0.2) is 46.9 Å². The minimum absolute atomic E-state index is 0.154. The molecular formula is C22H26BrNO4. The molecule has 0 radical (unpaired) electrons. The number of carbonyl (C=O) groups is 1. The summed E-state index contributed by atoms with van der Waals surface area (Å²) in [4.78, 5) is 12.6. The molecule has 1 heterocycles. The average molecular weight is 448 g/mol. The van der Waals surface area contributed by atoms with Gasteiger partial charge in [-0.05, 0) is 65.5 Å². The standard InChI is InChI=1S/C22H26BrNO4/c1-2-3-11-26-18-7-4-6-17(14-18)24-22(25)16-9-10-21(20(23)13-16)28-15-19-8-5-12-27-19/h4,6-7,9-10,13-14,19H,2-3,5,8,11-12,15H2,1H3,(H,24,25). The van der Waals surface area contributed by atoms with Gasteiger partial charge in [0.2, 0.25) is 0 Å². The van der Waals surface area contributed by atoms with Gasteiger partial charge in [-0.2, -0.15) is 0 Å². The van der Waals surface area contributed by atoms with Gasteiger partial charge in [-0.15, -0.1) is 0 Å². The first-order valence-electron chi connectivity index (χ1n) is 9.74. The van der Waals surface area contributed by atoms with Crippen molar-refractivity contribution < 1.29 is 19.0 Å². The lowest BCUT2D eigenvalue weighted by atomic mass is 10.2. The van der Waals surface area contributed by atoms with E-state index in [0.29, 0.717) is 30.2 Å². The molecule has 1 atom stereocenters. The number of amides is 1. The number of anilines is 1. The van der Waals surface area contributed by atoms with Gasteiger partial charge in [0.25, 0.3) is 5.91 Å². The summed E-state index contributed by atoms with van der Waals surface area (Å²) in [6.45, 7) is 4.12. The largest absolute Gasteiger partial charge is 0.494 e. The van der Waals surface area contributed by atoms with Crippen LogP contribution in [0.4, 0.5) is 5.69 Å². The lowest BCUT2D eigenvalue weighted by Gasteiger charge is -2.13. The Bertz CT molecular complexity index is 790. The van der Waals surface area contributed by atoms with Crippen molar-refractivity contribution in [2.75, 3.05) is 25.1 Å². The van der Waals surface area contributed by atoms with E-state index < -0.39 is 0 Å². The minimum Gasteiger partial charge on any atom is -0.494 e. The molecule has 1 fully saturated rings. The Balaban J connectivity index is 1.58. The maximum absolute atomic E-state index is 12.6. The van der Waals surface area contributed by atoms with Crippen molar-refractivity contribution in [2.24, 2.45) is 0 Å². The molecule has 1 aliphatic rings. The van der Waals surface area contributed by atoms with Gasteiger partial charge in [0.05, 0.1) is 17.2 Å². The highest BCUT2D eigenvalue weighted by atomic mass is 79.9. The Kier molecular flexibility index (Phi) is 7.74. The van der Waals surface area contributed by atoms with Crippen molar-refractivity contribution in [3.63, 3.8) is 0 Å². The normalized spacial score (nSPS) is 16.0. The Morgan fingerprint density at radius 2 is 2.14 bits per heavy atom. The Labute approximate surface area is 174 Å². The SMILES string of the molecule is CCCCOc1cccc(NC(=O)c2ccc(OCC3CCCO3)c(Br)c2)c1. The minimum atomic E-state index is -0.183. The van der Waals surface area contributed by atoms with Crippen molar-refractivity contribution in [1.29, 1.82) is 0 Å². The Morgan fingerprint density at radius 1 is 1.25 bits per heavy atom. The number of hydrogen-bond donors (Lipinski definition) is 1. The van der Waals surface area contributed by atoms with E-state index in [0.717, 1.165) is 42.5 Å². The molecule has 0 saturated carbocycles. The third kappa shape index (κ3) is 5.97. The van der Waals surface area contributed by atoms with Crippen LogP contribution in [-0.2, 0) is 4.74 Å². The predicted octanol–water partition coefficient (Wildman–Crippen LogP) is 5.44. The van der Waals surface area contributed by atoms with E-state index in [9.17, 15) is 4.79 Å². The van der Waals surface area contributed by atoms with Gasteiger partial charge in [-0.25, -0.2) is 0 Å². The van der Waals surface area contributed by atoms with E-state index >= 15 is 0 Å². The molecular weight excluding hydrogens is 422 g/mol. The smallest absolute Gasteiger partial charge is 0.255 e. The predicted molar refractivity (Wildman–Crippen MR) is 113 cm³/mol. The highest BCUT2D eigenvalue weighted by Crippen LogP contribution is 2.27. The monoisotopic (exact) mass is 447 g/mol. The number of nitrogens with one attached hydrogen (secondary N) is 1. The molecule has 150 valence electrons. The van der Waals surface area contributed by atoms with Gasteiger partial charge in [0, 0.05) is 23.9 Å². The second kappa shape index (κ2) is 10.5. The highest BCUT2D eigenvalue weighted by molar-refractivity contribution is 9.10. The molecule has 28 heavy (non-hydrogen) atoms. The van der Waals surface area contributed by atoms with Crippen LogP contribution < -0.4 is 14.8 Å². The van der Waals surface area contributed by atoms with Crippen molar-refractivity contribution in [3.8, 4) is 11.5 Å². The van der Waals surface area contributed by atoms with Crippen LogP contribution in [0, 0.1) is 0 Å². The molecule has 3 rings (SSSR count). The van der Waals surface area contributed by atoms with Gasteiger partial charge in [0.1, 0.15) is 18.1 Å². The summed E-state index contributed by atoms with van der Waals surface area (Å²) < 4.78 is 17.8. The van der Waals surface area contributed by atoms with Crippen LogP contribution in [-0.4, -0.2) is 31.8 Å². The first-order chi connectivity index (χ1) is 13.7. The number of ether oxygens (including phenoxy) is 3. The lowest BCUT2D eigenvalue weighted by Crippen LogP contribution is -2.16. The summed E-state index contributed by atoms with van der Waals surface area (Å²) >= 11 is 3.49. The number of benzene rings is 2. The highest BCUT2D eigenvalue weighted by Gasteiger charge is 2.17. The molecule has 1 unspecified atom stereocenters. The molecule has 2 aromatic rings.